The van der Waals surface area contributed by atoms with Crippen molar-refractivity contribution in [3.63, 3.8) is 0 Å². The van der Waals surface area contributed by atoms with Crippen LogP contribution in [0.1, 0.15) is 17.0 Å². The lowest BCUT2D eigenvalue weighted by atomic mass is 10.1. The molecule has 7 nitrogen and oxygen atoms in total. The topological polar surface area (TPSA) is 78.3 Å². The van der Waals surface area contributed by atoms with Crippen molar-refractivity contribution in [1.29, 1.82) is 0 Å². The summed E-state index contributed by atoms with van der Waals surface area (Å²) in [5.41, 5.74) is 3.04. The first-order valence-electron chi connectivity index (χ1n) is 9.22. The summed E-state index contributed by atoms with van der Waals surface area (Å²) in [4.78, 5) is 12.4. The maximum atomic E-state index is 12.4. The maximum absolute atomic E-state index is 12.4. The molecule has 0 bridgehead atoms. The number of rotatable bonds is 8. The summed E-state index contributed by atoms with van der Waals surface area (Å²) < 4.78 is 13.8. The fraction of sp³-hybridized carbons (Fsp3) is 0.286. The average molecular weight is 491 g/mol. The van der Waals surface area contributed by atoms with Gasteiger partial charge in [-0.15, -0.1) is 10.2 Å². The highest BCUT2D eigenvalue weighted by molar-refractivity contribution is 9.10. The van der Waals surface area contributed by atoms with Gasteiger partial charge in [0.05, 0.1) is 18.6 Å². The maximum Gasteiger partial charge on any atom is 0.234 e. The van der Waals surface area contributed by atoms with E-state index in [1.54, 1.807) is 7.11 Å². The van der Waals surface area contributed by atoms with Crippen molar-refractivity contribution in [1.82, 2.24) is 14.8 Å². The molecule has 0 atom stereocenters. The number of nitrogens with zero attached hydrogens (tertiary/aromatic N) is 3. The van der Waals surface area contributed by atoms with E-state index in [2.05, 4.69) is 31.4 Å². The van der Waals surface area contributed by atoms with Gasteiger partial charge in [-0.25, -0.2) is 0 Å². The highest BCUT2D eigenvalue weighted by atomic mass is 79.9. The van der Waals surface area contributed by atoms with Gasteiger partial charge in [0.15, 0.2) is 22.5 Å². The van der Waals surface area contributed by atoms with E-state index in [4.69, 9.17) is 9.47 Å². The molecule has 0 aliphatic rings. The van der Waals surface area contributed by atoms with Gasteiger partial charge in [-0.05, 0) is 65.2 Å². The molecule has 1 N–H and O–H groups in total. The van der Waals surface area contributed by atoms with Crippen LogP contribution in [-0.2, 0) is 18.4 Å². The molecule has 3 rings (SSSR count). The number of ether oxygens (including phenoxy) is 2. The van der Waals surface area contributed by atoms with E-state index in [1.165, 1.54) is 11.8 Å². The Balaban J connectivity index is 1.57. The summed E-state index contributed by atoms with van der Waals surface area (Å²) in [6.45, 7) is 4.29. The van der Waals surface area contributed by atoms with Gasteiger partial charge in [-0.3, -0.25) is 4.79 Å². The number of amides is 1. The predicted molar refractivity (Wildman–Crippen MR) is 121 cm³/mol. The van der Waals surface area contributed by atoms with E-state index in [9.17, 15) is 4.79 Å². The largest absolute Gasteiger partial charge is 0.493 e. The Bertz CT molecular complexity index is 1050. The second kappa shape index (κ2) is 9.99. The Morgan fingerprint density at radius 2 is 1.87 bits per heavy atom. The summed E-state index contributed by atoms with van der Waals surface area (Å²) >= 11 is 4.82. The number of halogens is 1. The number of thioether (sulfide) groups is 1. The van der Waals surface area contributed by atoms with E-state index in [1.807, 2.05) is 61.9 Å². The molecule has 1 aromatic heterocycles. The first-order valence-corrected chi connectivity index (χ1v) is 11.0. The first-order chi connectivity index (χ1) is 14.4. The Hall–Kier alpha value is -2.52. The number of carbonyl (C=O) groups is 1. The zero-order valence-corrected chi connectivity index (χ0v) is 19.6. The molecule has 1 heterocycles. The summed E-state index contributed by atoms with van der Waals surface area (Å²) in [7, 11) is 3.45. The molecule has 2 aromatic carbocycles. The number of anilines is 1. The highest BCUT2D eigenvalue weighted by Gasteiger charge is 2.14. The zero-order valence-electron chi connectivity index (χ0n) is 17.2. The SMILES string of the molecule is COc1ccccc1OCc1nnc(SCC(=O)Nc2cc(C)c(C)cc2Br)n1C. The fourth-order valence-electron chi connectivity index (χ4n) is 2.67. The van der Waals surface area contributed by atoms with E-state index in [0.29, 0.717) is 22.5 Å². The van der Waals surface area contributed by atoms with Crippen LogP contribution in [0.25, 0.3) is 0 Å². The van der Waals surface area contributed by atoms with Crippen molar-refractivity contribution in [3.8, 4) is 11.5 Å². The average Bonchev–Trinajstić information content (AvgIpc) is 3.08. The van der Waals surface area contributed by atoms with E-state index >= 15 is 0 Å². The van der Waals surface area contributed by atoms with Gasteiger partial charge in [0.1, 0.15) is 6.61 Å². The van der Waals surface area contributed by atoms with E-state index in [0.717, 1.165) is 21.3 Å². The Morgan fingerprint density at radius 1 is 1.17 bits per heavy atom. The van der Waals surface area contributed by atoms with Gasteiger partial charge in [-0.1, -0.05) is 23.9 Å². The molecule has 30 heavy (non-hydrogen) atoms. The summed E-state index contributed by atoms with van der Waals surface area (Å²) in [5, 5.41) is 11.9. The van der Waals surface area contributed by atoms with Crippen LogP contribution in [0, 0.1) is 13.8 Å². The Kier molecular flexibility index (Phi) is 7.38. The molecule has 9 heteroatoms. The number of benzene rings is 2. The Morgan fingerprint density at radius 3 is 2.60 bits per heavy atom. The van der Waals surface area contributed by atoms with Crippen LogP contribution in [0.4, 0.5) is 5.69 Å². The summed E-state index contributed by atoms with van der Waals surface area (Å²) in [6.07, 6.45) is 0. The zero-order chi connectivity index (χ0) is 21.7. The molecule has 0 radical (unpaired) electrons. The van der Waals surface area contributed by atoms with E-state index < -0.39 is 0 Å². The standard InChI is InChI=1S/C21H23BrN4O3S/c1-13-9-15(22)16(10-14(13)2)23-20(27)12-30-21-25-24-19(26(21)3)11-29-18-8-6-5-7-17(18)28-4/h5-10H,11-12H2,1-4H3,(H,23,27). The Labute approximate surface area is 188 Å². The second-order valence-corrected chi connectivity index (χ2v) is 8.45. The molecule has 0 saturated heterocycles. The quantitative estimate of drug-likeness (QED) is 0.467. The lowest BCUT2D eigenvalue weighted by Gasteiger charge is -2.11. The monoisotopic (exact) mass is 490 g/mol. The molecule has 158 valence electrons. The number of hydrogen-bond donors (Lipinski definition) is 1. The number of aromatic nitrogens is 3. The van der Waals surface area contributed by atoms with Crippen LogP contribution in [0.2, 0.25) is 0 Å². The third-order valence-electron chi connectivity index (χ3n) is 4.54. The molecule has 1 amide bonds. The van der Waals surface area contributed by atoms with Crippen molar-refractivity contribution in [2.45, 2.75) is 25.6 Å². The van der Waals surface area contributed by atoms with Crippen molar-refractivity contribution in [3.05, 3.63) is 57.8 Å². The second-order valence-electron chi connectivity index (χ2n) is 6.65. The van der Waals surface area contributed by atoms with Gasteiger partial charge < -0.3 is 19.4 Å². The number of carbonyl (C=O) groups excluding carboxylic acids is 1. The minimum absolute atomic E-state index is 0.112. The van der Waals surface area contributed by atoms with Gasteiger partial charge in [-0.2, -0.15) is 0 Å². The minimum atomic E-state index is -0.112. The van der Waals surface area contributed by atoms with Crippen molar-refractivity contribution in [2.75, 3.05) is 18.2 Å². The molecule has 0 aliphatic heterocycles. The number of nitrogens with one attached hydrogen (secondary N) is 1. The minimum Gasteiger partial charge on any atom is -0.493 e. The van der Waals surface area contributed by atoms with Crippen LogP contribution in [0.15, 0.2) is 46.0 Å². The van der Waals surface area contributed by atoms with Crippen molar-refractivity contribution >= 4 is 39.3 Å². The first kappa shape index (κ1) is 22.2. The molecular weight excluding hydrogens is 468 g/mol. The van der Waals surface area contributed by atoms with Crippen molar-refractivity contribution < 1.29 is 14.3 Å². The molecule has 0 spiro atoms. The molecule has 0 saturated carbocycles. The summed E-state index contributed by atoms with van der Waals surface area (Å²) in [5.74, 6) is 2.05. The molecule has 0 unspecified atom stereocenters. The third-order valence-corrected chi connectivity index (χ3v) is 6.22. The van der Waals surface area contributed by atoms with Gasteiger partial charge >= 0.3 is 0 Å². The third kappa shape index (κ3) is 5.34. The molecule has 0 aliphatic carbocycles. The van der Waals surface area contributed by atoms with Crippen LogP contribution >= 0.6 is 27.7 Å². The number of hydrogen-bond acceptors (Lipinski definition) is 6. The van der Waals surface area contributed by atoms with Crippen LogP contribution < -0.4 is 14.8 Å². The fourth-order valence-corrected chi connectivity index (χ4v) is 3.96. The van der Waals surface area contributed by atoms with Crippen LogP contribution in [0.3, 0.4) is 0 Å². The van der Waals surface area contributed by atoms with E-state index in [-0.39, 0.29) is 18.3 Å². The lowest BCUT2D eigenvalue weighted by molar-refractivity contribution is -0.113. The van der Waals surface area contributed by atoms with Gasteiger partial charge in [0, 0.05) is 11.5 Å². The smallest absolute Gasteiger partial charge is 0.234 e. The van der Waals surface area contributed by atoms with Gasteiger partial charge in [0.2, 0.25) is 5.91 Å². The molecule has 3 aromatic rings. The van der Waals surface area contributed by atoms with Crippen LogP contribution in [-0.4, -0.2) is 33.5 Å². The lowest BCUT2D eigenvalue weighted by Crippen LogP contribution is -2.15. The van der Waals surface area contributed by atoms with Crippen LogP contribution in [0.5, 0.6) is 11.5 Å². The highest BCUT2D eigenvalue weighted by Crippen LogP contribution is 2.28. The summed E-state index contributed by atoms with van der Waals surface area (Å²) in [6, 6.07) is 11.4. The normalized spacial score (nSPS) is 10.7. The predicted octanol–water partition coefficient (Wildman–Crippen LogP) is 4.51. The molecular formula is C21H23BrN4O3S. The molecule has 0 fully saturated rings. The van der Waals surface area contributed by atoms with Gasteiger partial charge in [0.25, 0.3) is 0 Å². The van der Waals surface area contributed by atoms with Crippen molar-refractivity contribution in [2.24, 2.45) is 7.05 Å². The number of aryl methyl sites for hydroxylation is 2. The number of para-hydroxylation sites is 2. The number of methoxy groups -OCH3 is 1.